The number of aliphatic hydroxyl groups is 1. The van der Waals surface area contributed by atoms with Crippen LogP contribution >= 0.6 is 0 Å². The summed E-state index contributed by atoms with van der Waals surface area (Å²) in [6.07, 6.45) is 0.201. The van der Waals surface area contributed by atoms with E-state index in [1.165, 1.54) is 11.8 Å². The highest BCUT2D eigenvalue weighted by molar-refractivity contribution is 6.00. The summed E-state index contributed by atoms with van der Waals surface area (Å²) in [5.74, 6) is -12.0. The van der Waals surface area contributed by atoms with Crippen LogP contribution in [0.25, 0.3) is 0 Å². The largest absolute Gasteiger partial charge is 0.492 e. The van der Waals surface area contributed by atoms with Gasteiger partial charge in [0.05, 0.1) is 25.6 Å². The monoisotopic (exact) mass is 1420 g/mol. The Labute approximate surface area is 587 Å². The van der Waals surface area contributed by atoms with Gasteiger partial charge in [0.2, 0.25) is 65.0 Å². The van der Waals surface area contributed by atoms with Gasteiger partial charge >= 0.3 is 5.97 Å². The summed E-state index contributed by atoms with van der Waals surface area (Å²) in [5, 5.41) is 58.3. The number of rotatable bonds is 11. The third-order valence-electron chi connectivity index (χ3n) is 22.1. The minimum atomic E-state index is -1.92. The van der Waals surface area contributed by atoms with Crippen molar-refractivity contribution in [3.63, 3.8) is 0 Å². The van der Waals surface area contributed by atoms with Gasteiger partial charge in [0.25, 0.3) is 0 Å². The van der Waals surface area contributed by atoms with Crippen molar-refractivity contribution in [2.75, 3.05) is 52.5 Å². The van der Waals surface area contributed by atoms with Crippen LogP contribution in [0.2, 0.25) is 0 Å². The molecule has 11 amide bonds. The zero-order chi connectivity index (χ0) is 72.7. The second kappa shape index (κ2) is 36.0. The highest BCUT2D eigenvalue weighted by Crippen LogP contribution is 2.40. The molecule has 9 unspecified atom stereocenters. The van der Waals surface area contributed by atoms with Gasteiger partial charge in [-0.1, -0.05) is 19.1 Å². The normalized spacial score (nSPS) is 36.2. The predicted molar refractivity (Wildman–Crippen MR) is 361 cm³/mol. The standard InChI is InChI=1S/C69H105F2N15O15/c1-36-5-18-57(88)74-20-22-101-46-14-8-39(9-15-46)23-51(60(72)92)85-68(100)69(3)19-4-21-86(69)67(99)56(24-38-6-12-45(87)13-7-38)84-65(97)54(29-44-33-73-35-78-44)82-66(98)55(30-59(90)91)83-64(96)53(26-41-32-76-50-17-11-43(71)28-48(41)50)81-63(95)52(25-40-31-75-49-16-10-42(70)27-47(40)49)80-58(89)34-77-62(94)37(2)79-61(36)93/h8-9,14-15,36-38,40-45,47-56,73,75-76,78,87H,4-7,10-13,16-35H2,1-3H3,(H2,72,92)(H,74,88)(H,77,94)(H,79,93)(H,80,89)(H,81,95)(H,82,98)(H,83,96)(H,84,97)(H,85,100)(H,90,91)/t36-,37-,38?,40?,41?,42?,43?,44?,45?,47?,48?,49?,50?,51-,52-,53-,54-,55-,56-,69-/m0/s1. The second-order valence-corrected chi connectivity index (χ2v) is 29.5. The lowest BCUT2D eigenvalue weighted by Gasteiger charge is -2.38. The summed E-state index contributed by atoms with van der Waals surface area (Å²) in [7, 11) is 0. The molecule has 560 valence electrons. The van der Waals surface area contributed by atoms with Crippen LogP contribution in [0, 0.1) is 35.5 Å². The van der Waals surface area contributed by atoms with Gasteiger partial charge in [0, 0.05) is 56.6 Å². The van der Waals surface area contributed by atoms with E-state index >= 15 is 28.0 Å². The Morgan fingerprint density at radius 3 is 1.81 bits per heavy atom. The molecule has 1 aromatic rings. The molecular weight excluding hydrogens is 1320 g/mol. The number of hydrogen-bond acceptors (Lipinski definition) is 18. The average Bonchev–Trinajstić information content (AvgIpc) is 1.69. The molecule has 4 saturated heterocycles. The summed E-state index contributed by atoms with van der Waals surface area (Å²) in [6, 6.07) is -4.25. The molecule has 3 aliphatic carbocycles. The fourth-order valence-electron chi connectivity index (χ4n) is 16.1. The van der Waals surface area contributed by atoms with Crippen LogP contribution in [0.4, 0.5) is 8.78 Å². The van der Waals surface area contributed by atoms with Crippen molar-refractivity contribution in [2.45, 2.75) is 234 Å². The van der Waals surface area contributed by atoms with Gasteiger partial charge in [-0.25, -0.2) is 8.78 Å². The van der Waals surface area contributed by atoms with E-state index in [2.05, 4.69) is 69.1 Å². The molecule has 18 atom stereocenters. The first-order valence-electron chi connectivity index (χ1n) is 36.3. The Morgan fingerprint density at radius 2 is 1.22 bits per heavy atom. The number of nitrogens with zero attached hydrogens (tertiary/aromatic N) is 1. The average molecular weight is 1420 g/mol. The molecule has 101 heavy (non-hydrogen) atoms. The van der Waals surface area contributed by atoms with Crippen molar-refractivity contribution in [2.24, 2.45) is 41.2 Å². The molecule has 2 bridgehead atoms. The molecule has 32 heteroatoms. The van der Waals surface area contributed by atoms with Crippen molar-refractivity contribution in [1.29, 1.82) is 0 Å². The number of aliphatic hydroxyl groups excluding tert-OH is 1. The van der Waals surface area contributed by atoms with Crippen molar-refractivity contribution in [3.05, 3.63) is 29.8 Å². The fraction of sp³-hybridized carbons (Fsp3) is 0.739. The number of alkyl halides is 2. The molecular formula is C69H105F2N15O15. The van der Waals surface area contributed by atoms with Crippen LogP contribution in [0.5, 0.6) is 5.75 Å². The number of halogens is 2. The Balaban J connectivity index is 1.01. The lowest BCUT2D eigenvalue weighted by molar-refractivity contribution is -0.148. The number of aliphatic carboxylic acids is 1. The summed E-state index contributed by atoms with van der Waals surface area (Å²) in [6.45, 7) is 5.38. The van der Waals surface area contributed by atoms with Crippen LogP contribution in [0.15, 0.2) is 24.3 Å². The molecule has 10 rings (SSSR count). The maximum Gasteiger partial charge on any atom is 0.305 e. The van der Waals surface area contributed by atoms with Gasteiger partial charge in [-0.05, 0) is 183 Å². The van der Waals surface area contributed by atoms with E-state index in [-0.39, 0.29) is 126 Å². The topological polar surface area (TPSA) is 440 Å². The number of carboxylic acid groups (broad SMARTS) is 1. The third-order valence-corrected chi connectivity index (χ3v) is 22.1. The Morgan fingerprint density at radius 1 is 0.634 bits per heavy atom. The number of amides is 11. The Kier molecular flexibility index (Phi) is 27.6. The van der Waals surface area contributed by atoms with E-state index in [0.717, 1.165) is 0 Å². The number of carbonyl (C=O) groups excluding carboxylic acids is 11. The van der Waals surface area contributed by atoms with Crippen molar-refractivity contribution in [1.82, 2.24) is 74.0 Å². The first-order chi connectivity index (χ1) is 48.2. The lowest BCUT2D eigenvalue weighted by atomic mass is 9.76. The first-order valence-corrected chi connectivity index (χ1v) is 36.3. The molecule has 7 fully saturated rings. The maximum atomic E-state index is 15.3. The number of primary amides is 1. The maximum absolute atomic E-state index is 15.3. The molecule has 0 aromatic heterocycles. The second-order valence-electron chi connectivity index (χ2n) is 29.5. The highest BCUT2D eigenvalue weighted by Gasteiger charge is 2.50. The van der Waals surface area contributed by atoms with Crippen molar-refractivity contribution >= 4 is 70.9 Å². The minimum Gasteiger partial charge on any atom is -0.492 e. The van der Waals surface area contributed by atoms with Crippen LogP contribution in [-0.2, 0) is 64.0 Å². The van der Waals surface area contributed by atoms with E-state index in [1.807, 2.05) is 0 Å². The summed E-state index contributed by atoms with van der Waals surface area (Å²) in [5.41, 5.74) is 4.93. The quantitative estimate of drug-likeness (QED) is 0.108. The smallest absolute Gasteiger partial charge is 0.305 e. The van der Waals surface area contributed by atoms with Crippen molar-refractivity contribution in [3.8, 4) is 5.75 Å². The molecule has 6 heterocycles. The zero-order valence-electron chi connectivity index (χ0n) is 58.1. The number of nitrogens with one attached hydrogen (secondary N) is 13. The highest BCUT2D eigenvalue weighted by atomic mass is 19.1. The van der Waals surface area contributed by atoms with Gasteiger partial charge in [-0.2, -0.15) is 0 Å². The fourth-order valence-corrected chi connectivity index (χ4v) is 16.1. The van der Waals surface area contributed by atoms with Crippen LogP contribution in [0.1, 0.15) is 148 Å². The Hall–Kier alpha value is -7.68. The third kappa shape index (κ3) is 21.5. The number of fused-ring (bicyclic) bond motifs is 36. The number of carboxylic acids is 1. The van der Waals surface area contributed by atoms with Crippen LogP contribution in [0.3, 0.4) is 0 Å². The number of carbonyl (C=O) groups is 12. The molecule has 9 aliphatic rings. The van der Waals surface area contributed by atoms with Gasteiger partial charge in [-0.15, -0.1) is 0 Å². The number of ether oxygens (including phenoxy) is 1. The van der Waals surface area contributed by atoms with E-state index in [9.17, 15) is 48.6 Å². The summed E-state index contributed by atoms with van der Waals surface area (Å²) >= 11 is 0. The summed E-state index contributed by atoms with van der Waals surface area (Å²) in [4.78, 5) is 171. The van der Waals surface area contributed by atoms with Gasteiger partial charge in [0.1, 0.15) is 72.5 Å². The molecule has 0 radical (unpaired) electrons. The minimum absolute atomic E-state index is 0.0489. The SMILES string of the molecule is C[C@@H]1NC(=O)[C@@H](C)CCC(=O)NCCOc2ccc(cc2)C[C@@H](C(N)=O)NC(=O)[C@]2(C)CCCN2C(=O)[C@H](CC2CCC(O)CC2)NC(=O)[C@H](CC2CNCN2)NC(=O)[C@H](CC(=O)O)NC(=O)[C@H](CC2CNC3CCC(F)CC23)NC(=O)[C@H](CC2CNC3CCC(F)CC23)NC(=O)CNC1=O. The zero-order valence-corrected chi connectivity index (χ0v) is 58.1. The molecule has 3 saturated carbocycles. The van der Waals surface area contributed by atoms with Crippen LogP contribution < -0.4 is 79.6 Å². The number of benzene rings is 1. The van der Waals surface area contributed by atoms with E-state index < -0.39 is 162 Å². The Bertz CT molecular complexity index is 3130. The lowest BCUT2D eigenvalue weighted by Crippen LogP contribution is -2.63. The van der Waals surface area contributed by atoms with Gasteiger partial charge < -0.3 is 94.7 Å². The van der Waals surface area contributed by atoms with Crippen molar-refractivity contribution < 1.29 is 81.3 Å². The molecule has 17 N–H and O–H groups in total. The number of hydrogen-bond donors (Lipinski definition) is 16. The molecule has 30 nitrogen and oxygen atoms in total. The number of nitrogens with two attached hydrogens (primary N) is 1. The van der Waals surface area contributed by atoms with E-state index in [1.54, 1.807) is 38.1 Å². The van der Waals surface area contributed by atoms with E-state index in [4.69, 9.17) is 10.5 Å². The molecule has 6 aliphatic heterocycles. The first kappa shape index (κ1) is 77.5. The predicted octanol–water partition coefficient (Wildman–Crippen LogP) is -1.89. The van der Waals surface area contributed by atoms with Gasteiger partial charge in [0.15, 0.2) is 0 Å². The van der Waals surface area contributed by atoms with Crippen LogP contribution in [-0.4, -0.2) is 223 Å². The van der Waals surface area contributed by atoms with Gasteiger partial charge in [-0.3, -0.25) is 57.5 Å². The molecule has 1 aromatic carbocycles. The van der Waals surface area contributed by atoms with E-state index in [0.29, 0.717) is 95.4 Å². The summed E-state index contributed by atoms with van der Waals surface area (Å²) < 4.78 is 36.2. The molecule has 0 spiro atoms.